The van der Waals surface area contributed by atoms with E-state index in [1.807, 2.05) is 4.90 Å². The highest BCUT2D eigenvalue weighted by Crippen LogP contribution is 2.39. The van der Waals surface area contributed by atoms with Crippen molar-refractivity contribution in [2.75, 3.05) is 24.6 Å². The number of benzene rings is 1. The first-order chi connectivity index (χ1) is 9.02. The molecule has 1 saturated heterocycles. The number of halogens is 2. The predicted molar refractivity (Wildman–Crippen MR) is 75.1 cm³/mol. The first-order valence-electron chi connectivity index (χ1n) is 6.02. The van der Waals surface area contributed by atoms with Crippen LogP contribution in [0.15, 0.2) is 12.1 Å². The number of anilines is 1. The van der Waals surface area contributed by atoms with Gasteiger partial charge < -0.3 is 10.0 Å². The molecule has 1 aliphatic rings. The molecule has 1 heterocycles. The van der Waals surface area contributed by atoms with Crippen molar-refractivity contribution in [3.63, 3.8) is 0 Å². The molecule has 2 rings (SSSR count). The van der Waals surface area contributed by atoms with E-state index in [0.717, 1.165) is 25.9 Å². The Balaban J connectivity index is 2.24. The largest absolute Gasteiger partial charge is 0.396 e. The molecule has 1 aliphatic heterocycles. The van der Waals surface area contributed by atoms with E-state index >= 15 is 0 Å². The molecule has 1 N–H and O–H groups in total. The average molecular weight is 305 g/mol. The van der Waals surface area contributed by atoms with Gasteiger partial charge in [0.25, 0.3) is 5.69 Å². The summed E-state index contributed by atoms with van der Waals surface area (Å²) in [6.45, 7) is 1.72. The minimum atomic E-state index is -0.514. The molecule has 0 amide bonds. The third-order valence-electron chi connectivity index (χ3n) is 3.35. The summed E-state index contributed by atoms with van der Waals surface area (Å²) < 4.78 is 0. The van der Waals surface area contributed by atoms with Gasteiger partial charge in [-0.1, -0.05) is 23.2 Å². The summed E-state index contributed by atoms with van der Waals surface area (Å²) in [5.74, 6) is 0.410. The van der Waals surface area contributed by atoms with E-state index in [1.165, 1.54) is 12.1 Å². The van der Waals surface area contributed by atoms with Crippen molar-refractivity contribution in [1.82, 2.24) is 0 Å². The van der Waals surface area contributed by atoms with Crippen LogP contribution in [0.1, 0.15) is 12.8 Å². The van der Waals surface area contributed by atoms with Crippen LogP contribution in [-0.2, 0) is 0 Å². The van der Waals surface area contributed by atoms with E-state index in [-0.39, 0.29) is 12.3 Å². The Morgan fingerprint density at radius 1 is 1.42 bits per heavy atom. The van der Waals surface area contributed by atoms with Crippen molar-refractivity contribution >= 4 is 34.6 Å². The van der Waals surface area contributed by atoms with Crippen LogP contribution in [0.3, 0.4) is 0 Å². The number of aliphatic hydroxyl groups excluding tert-OH is 1. The van der Waals surface area contributed by atoms with Crippen LogP contribution in [0.25, 0.3) is 0 Å². The molecule has 104 valence electrons. The van der Waals surface area contributed by atoms with Crippen LogP contribution in [0, 0.1) is 16.0 Å². The normalized spacial score (nSPS) is 18.9. The zero-order valence-electron chi connectivity index (χ0n) is 10.2. The molecule has 0 aromatic heterocycles. The lowest BCUT2D eigenvalue weighted by molar-refractivity contribution is -0.384. The molecule has 0 radical (unpaired) electrons. The maximum absolute atomic E-state index is 10.7. The number of nitrogens with zero attached hydrogens (tertiary/aromatic N) is 2. The second-order valence-corrected chi connectivity index (χ2v) is 5.44. The number of non-ortho nitro benzene ring substituents is 1. The molecule has 1 atom stereocenters. The van der Waals surface area contributed by atoms with Gasteiger partial charge in [-0.2, -0.15) is 0 Å². The van der Waals surface area contributed by atoms with E-state index in [0.29, 0.717) is 21.7 Å². The van der Waals surface area contributed by atoms with E-state index in [1.54, 1.807) is 0 Å². The monoisotopic (exact) mass is 304 g/mol. The second kappa shape index (κ2) is 5.94. The fourth-order valence-corrected chi connectivity index (χ4v) is 3.13. The summed E-state index contributed by atoms with van der Waals surface area (Å²) in [5.41, 5.74) is 0.541. The minimum absolute atomic E-state index is 0.107. The van der Waals surface area contributed by atoms with Gasteiger partial charge in [-0.25, -0.2) is 0 Å². The van der Waals surface area contributed by atoms with Gasteiger partial charge in [0.1, 0.15) is 0 Å². The van der Waals surface area contributed by atoms with E-state index < -0.39 is 4.92 Å². The zero-order chi connectivity index (χ0) is 14.0. The summed E-state index contributed by atoms with van der Waals surface area (Å²) in [4.78, 5) is 12.2. The van der Waals surface area contributed by atoms with Crippen LogP contribution in [0.5, 0.6) is 0 Å². The Bertz CT molecular complexity index is 473. The van der Waals surface area contributed by atoms with Gasteiger partial charge in [0.05, 0.1) is 20.7 Å². The minimum Gasteiger partial charge on any atom is -0.396 e. The van der Waals surface area contributed by atoms with E-state index in [2.05, 4.69) is 0 Å². The maximum Gasteiger partial charge on any atom is 0.272 e. The van der Waals surface area contributed by atoms with Crippen molar-refractivity contribution in [3.05, 3.63) is 32.3 Å². The maximum atomic E-state index is 10.7. The molecule has 7 heteroatoms. The lowest BCUT2D eigenvalue weighted by Crippen LogP contribution is -2.20. The molecule has 0 aliphatic carbocycles. The lowest BCUT2D eigenvalue weighted by Gasteiger charge is -2.21. The zero-order valence-corrected chi connectivity index (χ0v) is 11.7. The predicted octanol–water partition coefficient (Wildman–Crippen LogP) is 3.11. The SMILES string of the molecule is O=[N+]([O-])c1cc(Cl)c(N2CCC(CCO)C2)c(Cl)c1. The molecule has 19 heavy (non-hydrogen) atoms. The molecule has 5 nitrogen and oxygen atoms in total. The van der Waals surface area contributed by atoms with Gasteiger partial charge in [-0.15, -0.1) is 0 Å². The summed E-state index contributed by atoms with van der Waals surface area (Å²) in [5, 5.41) is 20.3. The quantitative estimate of drug-likeness (QED) is 0.685. The van der Waals surface area contributed by atoms with Crippen LogP contribution in [0.2, 0.25) is 10.0 Å². The second-order valence-electron chi connectivity index (χ2n) is 4.63. The van der Waals surface area contributed by atoms with E-state index in [9.17, 15) is 10.1 Å². The van der Waals surface area contributed by atoms with Crippen LogP contribution in [-0.4, -0.2) is 29.7 Å². The molecule has 0 bridgehead atoms. The highest BCUT2D eigenvalue weighted by molar-refractivity contribution is 6.39. The summed E-state index contributed by atoms with van der Waals surface area (Å²) in [7, 11) is 0. The Morgan fingerprint density at radius 2 is 2.05 bits per heavy atom. The Labute approximate surface area is 120 Å². The molecule has 1 unspecified atom stereocenters. The number of aliphatic hydroxyl groups is 1. The first kappa shape index (κ1) is 14.4. The fraction of sp³-hybridized carbons (Fsp3) is 0.500. The Kier molecular flexibility index (Phi) is 4.50. The fourth-order valence-electron chi connectivity index (χ4n) is 2.41. The van der Waals surface area contributed by atoms with Crippen LogP contribution < -0.4 is 4.90 Å². The summed E-state index contributed by atoms with van der Waals surface area (Å²) in [6.07, 6.45) is 1.71. The molecule has 1 fully saturated rings. The van der Waals surface area contributed by atoms with Crippen LogP contribution in [0.4, 0.5) is 11.4 Å². The average Bonchev–Trinajstić information content (AvgIpc) is 2.77. The third-order valence-corrected chi connectivity index (χ3v) is 3.93. The molecule has 0 spiro atoms. The third kappa shape index (κ3) is 3.11. The Morgan fingerprint density at radius 3 is 2.58 bits per heavy atom. The van der Waals surface area contributed by atoms with Gasteiger partial charge >= 0.3 is 0 Å². The Hall–Kier alpha value is -1.04. The number of nitro groups is 1. The topological polar surface area (TPSA) is 66.6 Å². The standard InChI is InChI=1S/C12H14Cl2N2O3/c13-10-5-9(16(18)19)6-11(14)12(10)15-3-1-8(7-15)2-4-17/h5-6,8,17H,1-4,7H2. The van der Waals surface area contributed by atoms with Crippen molar-refractivity contribution in [2.45, 2.75) is 12.8 Å². The van der Waals surface area contributed by atoms with Gasteiger partial charge in [0, 0.05) is 31.8 Å². The van der Waals surface area contributed by atoms with Gasteiger partial charge in [0.15, 0.2) is 0 Å². The number of hydrogen-bond acceptors (Lipinski definition) is 4. The first-order valence-corrected chi connectivity index (χ1v) is 6.77. The molecular formula is C12H14Cl2N2O3. The van der Waals surface area contributed by atoms with Gasteiger partial charge in [-0.05, 0) is 18.8 Å². The highest BCUT2D eigenvalue weighted by atomic mass is 35.5. The molecule has 1 aromatic rings. The van der Waals surface area contributed by atoms with Crippen molar-refractivity contribution < 1.29 is 10.0 Å². The van der Waals surface area contributed by atoms with Crippen molar-refractivity contribution in [3.8, 4) is 0 Å². The van der Waals surface area contributed by atoms with E-state index in [4.69, 9.17) is 28.3 Å². The van der Waals surface area contributed by atoms with Gasteiger partial charge in [-0.3, -0.25) is 10.1 Å². The van der Waals surface area contributed by atoms with Gasteiger partial charge in [0.2, 0.25) is 0 Å². The van der Waals surface area contributed by atoms with Crippen molar-refractivity contribution in [1.29, 1.82) is 0 Å². The summed E-state index contributed by atoms with van der Waals surface area (Å²) in [6, 6.07) is 2.64. The lowest BCUT2D eigenvalue weighted by atomic mass is 10.1. The van der Waals surface area contributed by atoms with Crippen LogP contribution >= 0.6 is 23.2 Å². The number of rotatable bonds is 4. The molecule has 0 saturated carbocycles. The number of hydrogen-bond donors (Lipinski definition) is 1. The number of nitro benzene ring substituents is 1. The smallest absolute Gasteiger partial charge is 0.272 e. The molecular weight excluding hydrogens is 291 g/mol. The molecule has 1 aromatic carbocycles. The van der Waals surface area contributed by atoms with Crippen molar-refractivity contribution in [2.24, 2.45) is 5.92 Å². The summed E-state index contributed by atoms with van der Waals surface area (Å²) >= 11 is 12.2. The highest BCUT2D eigenvalue weighted by Gasteiger charge is 2.26.